The van der Waals surface area contributed by atoms with Gasteiger partial charge in [-0.15, -0.1) is 0 Å². The Morgan fingerprint density at radius 1 is 1.36 bits per heavy atom. The van der Waals surface area contributed by atoms with E-state index in [2.05, 4.69) is 20.7 Å². The molecular weight excluding hydrogens is 268 g/mol. The number of nitrogens with one attached hydrogen (secondary N) is 1. The molecule has 0 amide bonds. The van der Waals surface area contributed by atoms with E-state index in [0.717, 1.165) is 0 Å². The summed E-state index contributed by atoms with van der Waals surface area (Å²) < 4.78 is 25.6. The summed E-state index contributed by atoms with van der Waals surface area (Å²) in [5.74, 6) is 0. The summed E-state index contributed by atoms with van der Waals surface area (Å²) in [5.41, 5.74) is 5.81. The smallest absolute Gasteiger partial charge is 0.242 e. The summed E-state index contributed by atoms with van der Waals surface area (Å²) in [7, 11) is -3.46. The number of sulfonamides is 1. The summed E-state index contributed by atoms with van der Waals surface area (Å²) in [6, 6.07) is 6.37. The Morgan fingerprint density at radius 3 is 2.57 bits per heavy atom. The van der Waals surface area contributed by atoms with Crippen LogP contribution < -0.4 is 10.5 Å². The molecule has 0 atom stereocenters. The number of benzene rings is 1. The molecule has 0 aliphatic heterocycles. The van der Waals surface area contributed by atoms with Gasteiger partial charge in [-0.2, -0.15) is 0 Å². The van der Waals surface area contributed by atoms with Gasteiger partial charge in [0.05, 0.1) is 5.69 Å². The fourth-order valence-electron chi connectivity index (χ4n) is 0.976. The highest BCUT2D eigenvalue weighted by Crippen LogP contribution is 2.16. The molecule has 14 heavy (non-hydrogen) atoms. The summed E-state index contributed by atoms with van der Waals surface area (Å²) in [4.78, 5) is 0.126. The van der Waals surface area contributed by atoms with Gasteiger partial charge in [-0.3, -0.25) is 0 Å². The van der Waals surface area contributed by atoms with E-state index >= 15 is 0 Å². The molecule has 0 spiro atoms. The minimum atomic E-state index is -3.46. The Bertz CT molecular complexity index is 406. The molecule has 0 heterocycles. The zero-order valence-electron chi connectivity index (χ0n) is 7.40. The lowest BCUT2D eigenvalue weighted by atomic mass is 10.3. The summed E-state index contributed by atoms with van der Waals surface area (Å²) in [5, 5.41) is 0.568. The number of rotatable bonds is 4. The monoisotopic (exact) mass is 278 g/mol. The third-order valence-corrected chi connectivity index (χ3v) is 3.53. The first kappa shape index (κ1) is 11.5. The van der Waals surface area contributed by atoms with Crippen molar-refractivity contribution < 1.29 is 8.42 Å². The molecule has 78 valence electrons. The second kappa shape index (κ2) is 4.77. The Balaban J connectivity index is 2.99. The molecule has 6 heteroatoms. The predicted octanol–water partition coefficient (Wildman–Crippen LogP) is 0.942. The van der Waals surface area contributed by atoms with Crippen LogP contribution in [-0.2, 0) is 10.0 Å². The standard InChI is InChI=1S/C8H11BrN2O2S/c9-5-6-11-14(12,13)8-4-2-1-3-7(8)10/h1-4,11H,5-6,10H2. The molecule has 0 aliphatic rings. The van der Waals surface area contributed by atoms with Gasteiger partial charge in [0.25, 0.3) is 0 Å². The first-order chi connectivity index (χ1) is 6.58. The number of hydrogen-bond donors (Lipinski definition) is 2. The van der Waals surface area contributed by atoms with Crippen LogP contribution in [0.15, 0.2) is 29.2 Å². The molecule has 0 saturated carbocycles. The minimum Gasteiger partial charge on any atom is -0.398 e. The SMILES string of the molecule is Nc1ccccc1S(=O)(=O)NCCBr. The number of nitrogen functional groups attached to an aromatic ring is 1. The molecule has 4 nitrogen and oxygen atoms in total. The molecule has 0 aliphatic carbocycles. The lowest BCUT2D eigenvalue weighted by molar-refractivity contribution is 0.585. The van der Waals surface area contributed by atoms with Crippen molar-refractivity contribution in [2.75, 3.05) is 17.6 Å². The lowest BCUT2D eigenvalue weighted by Gasteiger charge is -2.07. The molecule has 1 aromatic carbocycles. The van der Waals surface area contributed by atoms with Crippen LogP contribution in [0.1, 0.15) is 0 Å². The highest BCUT2D eigenvalue weighted by molar-refractivity contribution is 9.09. The Morgan fingerprint density at radius 2 is 2.00 bits per heavy atom. The van der Waals surface area contributed by atoms with Gasteiger partial charge in [-0.05, 0) is 12.1 Å². The van der Waals surface area contributed by atoms with Crippen LogP contribution in [0.5, 0.6) is 0 Å². The zero-order chi connectivity index (χ0) is 10.6. The van der Waals surface area contributed by atoms with Crippen LogP contribution in [0.4, 0.5) is 5.69 Å². The first-order valence-electron chi connectivity index (χ1n) is 3.98. The van der Waals surface area contributed by atoms with Gasteiger partial charge in [0.15, 0.2) is 0 Å². The molecule has 0 fully saturated rings. The molecule has 3 N–H and O–H groups in total. The van der Waals surface area contributed by atoms with E-state index in [1.165, 1.54) is 6.07 Å². The van der Waals surface area contributed by atoms with Gasteiger partial charge in [0.1, 0.15) is 4.90 Å². The van der Waals surface area contributed by atoms with E-state index in [9.17, 15) is 8.42 Å². The van der Waals surface area contributed by atoms with Crippen LogP contribution >= 0.6 is 15.9 Å². The number of para-hydroxylation sites is 1. The van der Waals surface area contributed by atoms with Crippen molar-refractivity contribution >= 4 is 31.6 Å². The summed E-state index contributed by atoms with van der Waals surface area (Å²) in [6.45, 7) is 0.344. The zero-order valence-corrected chi connectivity index (χ0v) is 9.81. The molecule has 0 radical (unpaired) electrons. The molecule has 0 unspecified atom stereocenters. The molecular formula is C8H11BrN2O2S. The Labute approximate surface area is 91.7 Å². The van der Waals surface area contributed by atoms with E-state index in [0.29, 0.717) is 11.9 Å². The van der Waals surface area contributed by atoms with Gasteiger partial charge < -0.3 is 5.73 Å². The number of hydrogen-bond acceptors (Lipinski definition) is 3. The normalized spacial score (nSPS) is 11.5. The Kier molecular flexibility index (Phi) is 3.91. The van der Waals surface area contributed by atoms with Gasteiger partial charge in [-0.25, -0.2) is 13.1 Å². The van der Waals surface area contributed by atoms with E-state index in [1.807, 2.05) is 0 Å². The van der Waals surface area contributed by atoms with E-state index < -0.39 is 10.0 Å². The Hall–Kier alpha value is -0.590. The molecule has 1 rings (SSSR count). The molecule has 0 bridgehead atoms. The quantitative estimate of drug-likeness (QED) is 0.636. The third kappa shape index (κ3) is 2.70. The highest BCUT2D eigenvalue weighted by atomic mass is 79.9. The molecule has 0 saturated heterocycles. The van der Waals surface area contributed by atoms with Gasteiger partial charge >= 0.3 is 0 Å². The fraction of sp³-hybridized carbons (Fsp3) is 0.250. The second-order valence-corrected chi connectivity index (χ2v) is 5.15. The van der Waals surface area contributed by atoms with Crippen molar-refractivity contribution in [1.82, 2.24) is 4.72 Å². The van der Waals surface area contributed by atoms with Crippen LogP contribution in [0.2, 0.25) is 0 Å². The topological polar surface area (TPSA) is 72.2 Å². The maximum absolute atomic E-state index is 11.6. The molecule has 1 aromatic rings. The van der Waals surface area contributed by atoms with Crippen LogP contribution in [0, 0.1) is 0 Å². The van der Waals surface area contributed by atoms with Gasteiger partial charge in [-0.1, -0.05) is 28.1 Å². The average molecular weight is 279 g/mol. The van der Waals surface area contributed by atoms with Gasteiger partial charge in [0, 0.05) is 11.9 Å². The predicted molar refractivity (Wildman–Crippen MR) is 59.8 cm³/mol. The van der Waals surface area contributed by atoms with Crippen molar-refractivity contribution in [3.05, 3.63) is 24.3 Å². The van der Waals surface area contributed by atoms with Crippen molar-refractivity contribution in [1.29, 1.82) is 0 Å². The number of nitrogens with two attached hydrogens (primary N) is 1. The van der Waals surface area contributed by atoms with Crippen molar-refractivity contribution in [3.8, 4) is 0 Å². The van der Waals surface area contributed by atoms with Crippen LogP contribution in [0.25, 0.3) is 0 Å². The van der Waals surface area contributed by atoms with Crippen molar-refractivity contribution in [2.24, 2.45) is 0 Å². The maximum Gasteiger partial charge on any atom is 0.242 e. The van der Waals surface area contributed by atoms with Crippen LogP contribution in [-0.4, -0.2) is 20.3 Å². The van der Waals surface area contributed by atoms with Gasteiger partial charge in [0.2, 0.25) is 10.0 Å². The summed E-state index contributed by atoms with van der Waals surface area (Å²) >= 11 is 3.13. The largest absolute Gasteiger partial charge is 0.398 e. The average Bonchev–Trinajstić information content (AvgIpc) is 2.15. The molecule has 0 aromatic heterocycles. The lowest BCUT2D eigenvalue weighted by Crippen LogP contribution is -2.26. The third-order valence-electron chi connectivity index (χ3n) is 1.60. The van der Waals surface area contributed by atoms with Crippen molar-refractivity contribution in [2.45, 2.75) is 4.90 Å². The van der Waals surface area contributed by atoms with E-state index in [-0.39, 0.29) is 10.6 Å². The maximum atomic E-state index is 11.6. The van der Waals surface area contributed by atoms with E-state index in [4.69, 9.17) is 5.73 Å². The summed E-state index contributed by atoms with van der Waals surface area (Å²) in [6.07, 6.45) is 0. The number of halogens is 1. The fourth-order valence-corrected chi connectivity index (χ4v) is 2.60. The second-order valence-electron chi connectivity index (χ2n) is 2.62. The highest BCUT2D eigenvalue weighted by Gasteiger charge is 2.15. The number of alkyl halides is 1. The minimum absolute atomic E-state index is 0.126. The van der Waals surface area contributed by atoms with E-state index in [1.54, 1.807) is 18.2 Å². The van der Waals surface area contributed by atoms with Crippen LogP contribution in [0.3, 0.4) is 0 Å². The van der Waals surface area contributed by atoms with Crippen molar-refractivity contribution in [3.63, 3.8) is 0 Å². The number of anilines is 1. The first-order valence-corrected chi connectivity index (χ1v) is 6.58.